The molecule has 3 aromatic rings. The van der Waals surface area contributed by atoms with Gasteiger partial charge in [0.1, 0.15) is 15.6 Å². The first-order valence-electron chi connectivity index (χ1n) is 9.00. The number of alkyl halides is 1. The Balaban J connectivity index is 2.12. The second kappa shape index (κ2) is 10.7. The number of carbonyl (C=O) groups excluding carboxylic acids is 1. The number of azo groups is 1. The molecule has 0 fully saturated rings. The lowest BCUT2D eigenvalue weighted by Gasteiger charge is -2.08. The Bertz CT molecular complexity index is 989. The lowest BCUT2D eigenvalue weighted by Crippen LogP contribution is -2.10. The second-order valence-electron chi connectivity index (χ2n) is 5.87. The minimum Gasteiger partial charge on any atom is -0.462 e. The fourth-order valence-corrected chi connectivity index (χ4v) is 4.18. The molecule has 0 aliphatic carbocycles. The van der Waals surface area contributed by atoms with Crippen molar-refractivity contribution in [1.82, 2.24) is 0 Å². The van der Waals surface area contributed by atoms with Gasteiger partial charge in [0.2, 0.25) is 0 Å². The van der Waals surface area contributed by atoms with Gasteiger partial charge in [-0.2, -0.15) is 0 Å². The van der Waals surface area contributed by atoms with E-state index in [2.05, 4.69) is 47.4 Å². The normalized spacial score (nSPS) is 11.0. The average Bonchev–Trinajstić information content (AvgIpc) is 3.11. The van der Waals surface area contributed by atoms with Crippen LogP contribution in [-0.2, 0) is 4.74 Å². The van der Waals surface area contributed by atoms with Crippen LogP contribution in [0.2, 0.25) is 0 Å². The molecule has 150 valence electrons. The summed E-state index contributed by atoms with van der Waals surface area (Å²) in [6.07, 6.45) is 0. The third-order valence-electron chi connectivity index (χ3n) is 3.89. The van der Waals surface area contributed by atoms with Crippen molar-refractivity contribution in [2.45, 2.75) is 6.92 Å². The molecule has 0 amide bonds. The number of nitrogens with one attached hydrogen (secondary N) is 1. The predicted molar refractivity (Wildman–Crippen MR) is 126 cm³/mol. The SMILES string of the molecule is CCOC(=O)c1c(NCCBr)sc(N=Nc2ccc(Br)cc2)c1-c1ccccc1. The Hall–Kier alpha value is -2.03. The fourth-order valence-electron chi connectivity index (χ4n) is 2.66. The van der Waals surface area contributed by atoms with Crippen LogP contribution in [0.25, 0.3) is 11.1 Å². The summed E-state index contributed by atoms with van der Waals surface area (Å²) in [4.78, 5) is 12.8. The van der Waals surface area contributed by atoms with Crippen LogP contribution in [-0.4, -0.2) is 24.5 Å². The van der Waals surface area contributed by atoms with Crippen molar-refractivity contribution < 1.29 is 9.53 Å². The van der Waals surface area contributed by atoms with E-state index < -0.39 is 0 Å². The van der Waals surface area contributed by atoms with Crippen LogP contribution < -0.4 is 5.32 Å². The zero-order chi connectivity index (χ0) is 20.6. The van der Waals surface area contributed by atoms with Crippen molar-refractivity contribution >= 4 is 64.9 Å². The molecule has 0 radical (unpaired) electrons. The van der Waals surface area contributed by atoms with Gasteiger partial charge < -0.3 is 10.1 Å². The van der Waals surface area contributed by atoms with E-state index in [-0.39, 0.29) is 5.97 Å². The van der Waals surface area contributed by atoms with Crippen LogP contribution in [0.1, 0.15) is 17.3 Å². The molecule has 3 rings (SSSR count). The number of nitrogens with zero attached hydrogens (tertiary/aromatic N) is 2. The molecule has 0 unspecified atom stereocenters. The number of anilines is 1. The Kier molecular flexibility index (Phi) is 7.97. The van der Waals surface area contributed by atoms with E-state index in [1.165, 1.54) is 11.3 Å². The largest absolute Gasteiger partial charge is 0.462 e. The van der Waals surface area contributed by atoms with Gasteiger partial charge in [-0.05, 0) is 36.8 Å². The highest BCUT2D eigenvalue weighted by molar-refractivity contribution is 9.10. The number of esters is 1. The summed E-state index contributed by atoms with van der Waals surface area (Å²) >= 11 is 8.23. The van der Waals surface area contributed by atoms with E-state index in [1.807, 2.05) is 54.6 Å². The molecule has 0 aliphatic rings. The molecular formula is C21H19Br2N3O2S. The monoisotopic (exact) mass is 535 g/mol. The van der Waals surface area contributed by atoms with Crippen molar-refractivity contribution in [1.29, 1.82) is 0 Å². The van der Waals surface area contributed by atoms with Crippen LogP contribution >= 0.6 is 43.2 Å². The second-order valence-corrected chi connectivity index (χ2v) is 8.57. The maximum absolute atomic E-state index is 12.8. The lowest BCUT2D eigenvalue weighted by molar-refractivity contribution is 0.0529. The number of halogens is 2. The molecule has 8 heteroatoms. The van der Waals surface area contributed by atoms with Crippen LogP contribution in [0.3, 0.4) is 0 Å². The molecule has 0 saturated carbocycles. The van der Waals surface area contributed by atoms with Gasteiger partial charge in [0.15, 0.2) is 0 Å². The van der Waals surface area contributed by atoms with Crippen molar-refractivity contribution in [3.8, 4) is 11.1 Å². The Morgan fingerprint density at radius 3 is 2.48 bits per heavy atom. The maximum Gasteiger partial charge on any atom is 0.341 e. The maximum atomic E-state index is 12.8. The molecule has 1 heterocycles. The summed E-state index contributed by atoms with van der Waals surface area (Å²) in [6, 6.07) is 17.3. The van der Waals surface area contributed by atoms with E-state index in [4.69, 9.17) is 4.74 Å². The first-order chi connectivity index (χ1) is 14.1. The topological polar surface area (TPSA) is 63.0 Å². The summed E-state index contributed by atoms with van der Waals surface area (Å²) in [5.74, 6) is -0.371. The molecule has 29 heavy (non-hydrogen) atoms. The average molecular weight is 537 g/mol. The molecule has 5 nitrogen and oxygen atoms in total. The molecule has 0 saturated heterocycles. The van der Waals surface area contributed by atoms with Gasteiger partial charge in [0.05, 0.1) is 12.3 Å². The number of hydrogen-bond donors (Lipinski definition) is 1. The highest BCUT2D eigenvalue weighted by Crippen LogP contribution is 2.46. The first kappa shape index (κ1) is 21.7. The van der Waals surface area contributed by atoms with E-state index in [9.17, 15) is 4.79 Å². The fraction of sp³-hybridized carbons (Fsp3) is 0.190. The van der Waals surface area contributed by atoms with Gasteiger partial charge in [-0.15, -0.1) is 10.2 Å². The number of rotatable bonds is 8. The van der Waals surface area contributed by atoms with Crippen molar-refractivity contribution in [2.75, 3.05) is 23.8 Å². The number of ether oxygens (including phenoxy) is 1. The number of thiophene rings is 1. The lowest BCUT2D eigenvalue weighted by atomic mass is 10.0. The summed E-state index contributed by atoms with van der Waals surface area (Å²) in [6.45, 7) is 2.77. The third-order valence-corrected chi connectivity index (χ3v) is 5.85. The predicted octanol–water partition coefficient (Wildman–Crippen LogP) is 7.58. The summed E-state index contributed by atoms with van der Waals surface area (Å²) in [5, 5.41) is 14.3. The Morgan fingerprint density at radius 2 is 1.83 bits per heavy atom. The summed E-state index contributed by atoms with van der Waals surface area (Å²) in [7, 11) is 0. The quantitative estimate of drug-likeness (QED) is 0.183. The van der Waals surface area contributed by atoms with E-state index in [0.29, 0.717) is 23.7 Å². The van der Waals surface area contributed by atoms with Gasteiger partial charge in [-0.25, -0.2) is 4.79 Å². The van der Waals surface area contributed by atoms with Gasteiger partial charge in [-0.1, -0.05) is 73.5 Å². The standard InChI is InChI=1S/C21H19Br2N3O2S/c1-2-28-21(27)18-17(14-6-4-3-5-7-14)20(29-19(18)24-13-12-22)26-25-16-10-8-15(23)9-11-16/h3-11,24H,2,12-13H2,1H3. The van der Waals surface area contributed by atoms with E-state index in [1.54, 1.807) is 6.92 Å². The zero-order valence-electron chi connectivity index (χ0n) is 15.7. The van der Waals surface area contributed by atoms with Gasteiger partial charge in [-0.3, -0.25) is 0 Å². The molecule has 2 aromatic carbocycles. The summed E-state index contributed by atoms with van der Waals surface area (Å²) in [5.41, 5.74) is 2.84. The molecule has 0 aliphatic heterocycles. The zero-order valence-corrected chi connectivity index (χ0v) is 19.7. The van der Waals surface area contributed by atoms with Crippen LogP contribution in [0, 0.1) is 0 Å². The minimum absolute atomic E-state index is 0.302. The number of carbonyl (C=O) groups is 1. The summed E-state index contributed by atoms with van der Waals surface area (Å²) < 4.78 is 6.31. The van der Waals surface area contributed by atoms with Gasteiger partial charge in [0, 0.05) is 21.9 Å². The van der Waals surface area contributed by atoms with Crippen LogP contribution in [0.4, 0.5) is 15.7 Å². The molecule has 1 N–H and O–H groups in total. The van der Waals surface area contributed by atoms with Crippen molar-refractivity contribution in [3.05, 3.63) is 64.6 Å². The highest BCUT2D eigenvalue weighted by Gasteiger charge is 2.26. The Morgan fingerprint density at radius 1 is 1.10 bits per heavy atom. The molecule has 0 spiro atoms. The molecule has 0 atom stereocenters. The van der Waals surface area contributed by atoms with Gasteiger partial charge in [0.25, 0.3) is 0 Å². The van der Waals surface area contributed by atoms with E-state index >= 15 is 0 Å². The van der Waals surface area contributed by atoms with Crippen molar-refractivity contribution in [3.63, 3.8) is 0 Å². The highest BCUT2D eigenvalue weighted by atomic mass is 79.9. The van der Waals surface area contributed by atoms with E-state index in [0.717, 1.165) is 31.6 Å². The van der Waals surface area contributed by atoms with Gasteiger partial charge >= 0.3 is 5.97 Å². The number of hydrogen-bond acceptors (Lipinski definition) is 6. The Labute approximate surface area is 190 Å². The number of benzene rings is 2. The smallest absolute Gasteiger partial charge is 0.341 e. The first-order valence-corrected chi connectivity index (χ1v) is 11.7. The molecule has 0 bridgehead atoms. The molecular weight excluding hydrogens is 518 g/mol. The van der Waals surface area contributed by atoms with Crippen LogP contribution in [0.15, 0.2) is 69.3 Å². The third kappa shape index (κ3) is 5.52. The minimum atomic E-state index is -0.371. The molecule has 1 aromatic heterocycles. The van der Waals surface area contributed by atoms with Crippen LogP contribution in [0.5, 0.6) is 0 Å². The van der Waals surface area contributed by atoms with Crippen molar-refractivity contribution in [2.24, 2.45) is 10.2 Å².